The minimum Gasteiger partial charge on any atom is -0.316 e. The second-order valence-corrected chi connectivity index (χ2v) is 5.28. The van der Waals surface area contributed by atoms with Crippen LogP contribution in [0.4, 0.5) is 0 Å². The number of nitrogens with one attached hydrogen (secondary N) is 1. The zero-order valence-corrected chi connectivity index (χ0v) is 11.8. The van der Waals surface area contributed by atoms with Crippen molar-refractivity contribution in [3.8, 4) is 0 Å². The van der Waals surface area contributed by atoms with Gasteiger partial charge in [0.2, 0.25) is 0 Å². The summed E-state index contributed by atoms with van der Waals surface area (Å²) in [5.41, 5.74) is 4.33. The first-order valence-corrected chi connectivity index (χ1v) is 6.90. The highest BCUT2D eigenvalue weighted by atomic mass is 14.8. The topological polar surface area (TPSA) is 12.0 Å². The highest BCUT2D eigenvalue weighted by molar-refractivity contribution is 5.30. The largest absolute Gasteiger partial charge is 0.316 e. The van der Waals surface area contributed by atoms with E-state index in [2.05, 4.69) is 51.2 Å². The van der Waals surface area contributed by atoms with Crippen molar-refractivity contribution in [2.24, 2.45) is 5.92 Å². The van der Waals surface area contributed by atoms with E-state index in [9.17, 15) is 0 Å². The molecule has 0 aliphatic rings. The molecule has 0 spiro atoms. The summed E-state index contributed by atoms with van der Waals surface area (Å²) in [6, 6.07) is 6.78. The van der Waals surface area contributed by atoms with Gasteiger partial charge in [0.25, 0.3) is 0 Å². The fraction of sp³-hybridized carbons (Fsp3) is 0.625. The zero-order chi connectivity index (χ0) is 12.7. The van der Waals surface area contributed by atoms with Crippen molar-refractivity contribution < 1.29 is 0 Å². The summed E-state index contributed by atoms with van der Waals surface area (Å²) >= 11 is 0. The van der Waals surface area contributed by atoms with E-state index in [1.807, 2.05) is 0 Å². The normalized spacial score (nSPS) is 12.7. The van der Waals surface area contributed by atoms with Crippen LogP contribution < -0.4 is 5.32 Å². The smallest absolute Gasteiger partial charge is 0.00230 e. The van der Waals surface area contributed by atoms with E-state index in [0.29, 0.717) is 0 Å². The Balaban J connectivity index is 2.36. The van der Waals surface area contributed by atoms with Gasteiger partial charge in [-0.15, -0.1) is 0 Å². The summed E-state index contributed by atoms with van der Waals surface area (Å²) in [6.45, 7) is 11.2. The molecule has 0 bridgehead atoms. The van der Waals surface area contributed by atoms with Crippen molar-refractivity contribution >= 4 is 0 Å². The fourth-order valence-corrected chi connectivity index (χ4v) is 2.10. The molecule has 1 nitrogen and oxygen atoms in total. The monoisotopic (exact) mass is 233 g/mol. The molecule has 1 unspecified atom stereocenters. The van der Waals surface area contributed by atoms with E-state index >= 15 is 0 Å². The Hall–Kier alpha value is -0.820. The number of hydrogen-bond donors (Lipinski definition) is 1. The molecule has 0 aromatic heterocycles. The van der Waals surface area contributed by atoms with E-state index in [0.717, 1.165) is 19.0 Å². The van der Waals surface area contributed by atoms with Crippen LogP contribution >= 0.6 is 0 Å². The van der Waals surface area contributed by atoms with Crippen LogP contribution in [0.15, 0.2) is 18.2 Å². The van der Waals surface area contributed by atoms with Crippen molar-refractivity contribution in [1.29, 1.82) is 0 Å². The lowest BCUT2D eigenvalue weighted by atomic mass is 9.96. The second-order valence-electron chi connectivity index (χ2n) is 5.28. The van der Waals surface area contributed by atoms with Gasteiger partial charge in [-0.3, -0.25) is 0 Å². The van der Waals surface area contributed by atoms with Crippen LogP contribution in [0.1, 0.15) is 43.4 Å². The predicted octanol–water partition coefficient (Wildman–Crippen LogP) is 3.87. The maximum Gasteiger partial charge on any atom is -0.00230 e. The molecule has 96 valence electrons. The number of hydrogen-bond acceptors (Lipinski definition) is 1. The average molecular weight is 233 g/mol. The Morgan fingerprint density at radius 2 is 2.00 bits per heavy atom. The molecule has 1 aromatic carbocycles. The molecule has 1 heteroatoms. The minimum absolute atomic E-state index is 0.765. The SMILES string of the molecule is CCCNCC(C)CCc1cc(C)ccc1C. The molecule has 1 N–H and O–H groups in total. The average Bonchev–Trinajstić information content (AvgIpc) is 2.31. The lowest BCUT2D eigenvalue weighted by Gasteiger charge is -2.13. The first-order chi connectivity index (χ1) is 8.13. The molecule has 0 heterocycles. The highest BCUT2D eigenvalue weighted by Gasteiger charge is 2.04. The lowest BCUT2D eigenvalue weighted by Crippen LogP contribution is -2.22. The summed E-state index contributed by atoms with van der Waals surface area (Å²) in [5.74, 6) is 0.765. The Bertz CT molecular complexity index is 330. The van der Waals surface area contributed by atoms with Gasteiger partial charge in [-0.2, -0.15) is 0 Å². The van der Waals surface area contributed by atoms with Crippen molar-refractivity contribution in [2.75, 3.05) is 13.1 Å². The first kappa shape index (κ1) is 14.2. The van der Waals surface area contributed by atoms with Gasteiger partial charge in [0.1, 0.15) is 0 Å². The standard InChI is InChI=1S/C16H27N/c1-5-10-17-12-14(3)7-9-16-11-13(2)6-8-15(16)4/h6,8,11,14,17H,5,7,9-10,12H2,1-4H3. The summed E-state index contributed by atoms with van der Waals surface area (Å²) in [5, 5.41) is 3.50. The summed E-state index contributed by atoms with van der Waals surface area (Å²) < 4.78 is 0. The molecule has 0 aliphatic heterocycles. The number of rotatable bonds is 7. The maximum absolute atomic E-state index is 3.50. The summed E-state index contributed by atoms with van der Waals surface area (Å²) in [4.78, 5) is 0. The van der Waals surface area contributed by atoms with Gasteiger partial charge in [-0.25, -0.2) is 0 Å². The Labute approximate surface area is 107 Å². The van der Waals surface area contributed by atoms with Crippen LogP contribution in [0.5, 0.6) is 0 Å². The van der Waals surface area contributed by atoms with Crippen molar-refractivity contribution in [3.05, 3.63) is 34.9 Å². The van der Waals surface area contributed by atoms with Crippen LogP contribution in [0.2, 0.25) is 0 Å². The van der Waals surface area contributed by atoms with Gasteiger partial charge >= 0.3 is 0 Å². The third kappa shape index (κ3) is 5.36. The van der Waals surface area contributed by atoms with Crippen LogP contribution in [0, 0.1) is 19.8 Å². The van der Waals surface area contributed by atoms with E-state index in [1.54, 1.807) is 0 Å². The van der Waals surface area contributed by atoms with E-state index in [1.165, 1.54) is 36.0 Å². The Morgan fingerprint density at radius 3 is 2.71 bits per heavy atom. The molecule has 0 saturated carbocycles. The van der Waals surface area contributed by atoms with Gasteiger partial charge in [0, 0.05) is 0 Å². The maximum atomic E-state index is 3.50. The molecular formula is C16H27N. The first-order valence-electron chi connectivity index (χ1n) is 6.90. The van der Waals surface area contributed by atoms with Crippen molar-refractivity contribution in [1.82, 2.24) is 5.32 Å². The van der Waals surface area contributed by atoms with Crippen LogP contribution in [0.25, 0.3) is 0 Å². The number of benzene rings is 1. The molecular weight excluding hydrogens is 206 g/mol. The zero-order valence-electron chi connectivity index (χ0n) is 11.8. The van der Waals surface area contributed by atoms with Crippen LogP contribution in [-0.2, 0) is 6.42 Å². The third-order valence-corrected chi connectivity index (χ3v) is 3.33. The van der Waals surface area contributed by atoms with Crippen LogP contribution in [-0.4, -0.2) is 13.1 Å². The van der Waals surface area contributed by atoms with E-state index < -0.39 is 0 Å². The molecule has 1 atom stereocenters. The van der Waals surface area contributed by atoms with Crippen molar-refractivity contribution in [3.63, 3.8) is 0 Å². The van der Waals surface area contributed by atoms with Crippen LogP contribution in [0.3, 0.4) is 0 Å². The quantitative estimate of drug-likeness (QED) is 0.705. The summed E-state index contributed by atoms with van der Waals surface area (Å²) in [6.07, 6.45) is 3.72. The van der Waals surface area contributed by atoms with Gasteiger partial charge in [0.05, 0.1) is 0 Å². The van der Waals surface area contributed by atoms with E-state index in [4.69, 9.17) is 0 Å². The molecule has 0 aliphatic carbocycles. The van der Waals surface area contributed by atoms with Gasteiger partial charge in [-0.05, 0) is 63.2 Å². The number of aryl methyl sites for hydroxylation is 3. The van der Waals surface area contributed by atoms with Gasteiger partial charge in [-0.1, -0.05) is 37.6 Å². The minimum atomic E-state index is 0.765. The summed E-state index contributed by atoms with van der Waals surface area (Å²) in [7, 11) is 0. The predicted molar refractivity (Wildman–Crippen MR) is 76.6 cm³/mol. The van der Waals surface area contributed by atoms with E-state index in [-0.39, 0.29) is 0 Å². The molecule has 0 fully saturated rings. The fourth-order valence-electron chi connectivity index (χ4n) is 2.10. The lowest BCUT2D eigenvalue weighted by molar-refractivity contribution is 0.481. The second kappa shape index (κ2) is 7.50. The van der Waals surface area contributed by atoms with Crippen molar-refractivity contribution in [2.45, 2.75) is 47.0 Å². The molecule has 1 aromatic rings. The highest BCUT2D eigenvalue weighted by Crippen LogP contribution is 2.15. The molecule has 0 amide bonds. The molecule has 0 radical (unpaired) electrons. The van der Waals surface area contributed by atoms with Gasteiger partial charge in [0.15, 0.2) is 0 Å². The third-order valence-electron chi connectivity index (χ3n) is 3.33. The molecule has 17 heavy (non-hydrogen) atoms. The Kier molecular flexibility index (Phi) is 6.28. The Morgan fingerprint density at radius 1 is 1.24 bits per heavy atom. The molecule has 1 rings (SSSR count). The van der Waals surface area contributed by atoms with Gasteiger partial charge < -0.3 is 5.32 Å². The molecule has 0 saturated heterocycles.